The Morgan fingerprint density at radius 1 is 0.976 bits per heavy atom. The molecule has 0 bridgehead atoms. The molecule has 2 aromatic heterocycles. The van der Waals surface area contributed by atoms with Crippen molar-refractivity contribution in [1.29, 1.82) is 0 Å². The van der Waals surface area contributed by atoms with E-state index in [1.807, 2.05) is 65.6 Å². The lowest BCUT2D eigenvalue weighted by Crippen LogP contribution is -2.48. The monoisotopic (exact) mass is 552 g/mol. The van der Waals surface area contributed by atoms with E-state index in [2.05, 4.69) is 37.5 Å². The number of amides is 1. The Hall–Kier alpha value is -3.92. The Kier molecular flexibility index (Phi) is 8.18. The number of nitrogens with one attached hydrogen (secondary N) is 1. The normalized spacial score (nSPS) is 20.3. The number of aryl methyl sites for hydroxylation is 1. The molecule has 41 heavy (non-hydrogen) atoms. The zero-order chi connectivity index (χ0) is 28.2. The number of rotatable bonds is 8. The number of aliphatic hydroxyl groups is 1. The first kappa shape index (κ1) is 27.3. The number of nitrogens with zero attached hydrogens (tertiary/aromatic N) is 5. The van der Waals surface area contributed by atoms with Crippen LogP contribution in [0.25, 0.3) is 11.6 Å². The van der Waals surface area contributed by atoms with Gasteiger partial charge in [0.2, 0.25) is 0 Å². The summed E-state index contributed by atoms with van der Waals surface area (Å²) < 4.78 is 5.25. The minimum Gasteiger partial charge on any atom is -0.387 e. The van der Waals surface area contributed by atoms with Gasteiger partial charge >= 0.3 is 0 Å². The molecule has 9 heteroatoms. The van der Waals surface area contributed by atoms with Crippen molar-refractivity contribution in [2.24, 2.45) is 0 Å². The Balaban J connectivity index is 0.976. The largest absolute Gasteiger partial charge is 0.387 e. The van der Waals surface area contributed by atoms with Crippen molar-refractivity contribution in [1.82, 2.24) is 30.2 Å². The molecule has 0 saturated carbocycles. The molecule has 0 radical (unpaired) electrons. The number of aliphatic hydroxyl groups excluding tert-OH is 1. The van der Waals surface area contributed by atoms with Crippen molar-refractivity contribution in [3.8, 4) is 11.6 Å². The summed E-state index contributed by atoms with van der Waals surface area (Å²) in [5.41, 5.74) is 4.49. The molecule has 2 aliphatic rings. The van der Waals surface area contributed by atoms with E-state index in [-0.39, 0.29) is 11.9 Å². The molecular weight excluding hydrogens is 516 g/mol. The molecule has 9 nitrogen and oxygen atoms in total. The van der Waals surface area contributed by atoms with Gasteiger partial charge in [-0.25, -0.2) is 4.98 Å². The Morgan fingerprint density at radius 2 is 1.76 bits per heavy atom. The van der Waals surface area contributed by atoms with Crippen LogP contribution in [0.2, 0.25) is 0 Å². The van der Waals surface area contributed by atoms with Crippen molar-refractivity contribution in [3.05, 3.63) is 101 Å². The third-order valence-electron chi connectivity index (χ3n) is 8.08. The summed E-state index contributed by atoms with van der Waals surface area (Å²) in [7, 11) is 0. The van der Waals surface area contributed by atoms with E-state index in [4.69, 9.17) is 4.52 Å². The van der Waals surface area contributed by atoms with Crippen molar-refractivity contribution in [3.63, 3.8) is 0 Å². The van der Waals surface area contributed by atoms with E-state index in [1.54, 1.807) is 6.92 Å². The highest BCUT2D eigenvalue weighted by molar-refractivity contribution is 5.94. The molecule has 0 spiro atoms. The number of piperazine rings is 1. The molecule has 2 aliphatic heterocycles. The topological polar surface area (TPSA) is 108 Å². The van der Waals surface area contributed by atoms with Gasteiger partial charge in [0.25, 0.3) is 11.8 Å². The number of pyridine rings is 1. The Morgan fingerprint density at radius 3 is 2.49 bits per heavy atom. The molecule has 6 rings (SSSR count). The molecule has 4 aromatic rings. The smallest absolute Gasteiger partial charge is 0.276 e. The lowest BCUT2D eigenvalue weighted by atomic mass is 10.0. The van der Waals surface area contributed by atoms with Gasteiger partial charge in [-0.2, -0.15) is 4.98 Å². The van der Waals surface area contributed by atoms with Crippen molar-refractivity contribution >= 4 is 5.91 Å². The molecule has 1 amide bonds. The fourth-order valence-electron chi connectivity index (χ4n) is 5.82. The van der Waals surface area contributed by atoms with E-state index in [9.17, 15) is 9.90 Å². The number of hydrogen-bond acceptors (Lipinski definition) is 8. The van der Waals surface area contributed by atoms with Crippen LogP contribution in [0.1, 0.15) is 51.9 Å². The highest BCUT2D eigenvalue weighted by atomic mass is 16.5. The lowest BCUT2D eigenvalue weighted by Gasteiger charge is -2.34. The van der Waals surface area contributed by atoms with Crippen LogP contribution < -0.4 is 5.32 Å². The van der Waals surface area contributed by atoms with Crippen LogP contribution in [-0.2, 0) is 13.0 Å². The van der Waals surface area contributed by atoms with E-state index in [1.165, 1.54) is 5.56 Å². The number of carbonyl (C=O) groups is 1. The Bertz CT molecular complexity index is 1450. The number of hydrogen-bond donors (Lipinski definition) is 2. The van der Waals surface area contributed by atoms with Gasteiger partial charge < -0.3 is 19.8 Å². The molecule has 2 saturated heterocycles. The fraction of sp³-hybridized carbons (Fsp3) is 0.375. The van der Waals surface area contributed by atoms with Gasteiger partial charge in [-0.3, -0.25) is 9.69 Å². The standard InChI is InChI=1S/C32H36N6O3/c1-22-33-31(41-36-22)29-9-5-8-27(35-29)21-37-16-18-38(19-17-37)32(40)25-12-10-23(11-13-25)20-26-14-15-28(34-26)30(39)24-6-3-2-4-7-24/h2-13,26,28,30,34,39H,14-21H2,1H3/t26-,28+,30+/m0/s1. The summed E-state index contributed by atoms with van der Waals surface area (Å²) in [5.74, 6) is 1.09. The zero-order valence-electron chi connectivity index (χ0n) is 23.3. The lowest BCUT2D eigenvalue weighted by molar-refractivity contribution is 0.0627. The predicted molar refractivity (Wildman–Crippen MR) is 155 cm³/mol. The third-order valence-corrected chi connectivity index (χ3v) is 8.08. The highest BCUT2D eigenvalue weighted by Gasteiger charge is 2.30. The van der Waals surface area contributed by atoms with E-state index in [0.29, 0.717) is 43.1 Å². The molecule has 2 fully saturated rings. The first-order valence-electron chi connectivity index (χ1n) is 14.4. The zero-order valence-corrected chi connectivity index (χ0v) is 23.3. The second-order valence-corrected chi connectivity index (χ2v) is 11.0. The molecule has 0 aliphatic carbocycles. The molecule has 0 unspecified atom stereocenters. The first-order chi connectivity index (χ1) is 20.0. The van der Waals surface area contributed by atoms with Gasteiger partial charge in [-0.1, -0.05) is 53.7 Å². The van der Waals surface area contributed by atoms with E-state index in [0.717, 1.165) is 49.2 Å². The van der Waals surface area contributed by atoms with Crippen LogP contribution in [-0.4, -0.2) is 74.2 Å². The van der Waals surface area contributed by atoms with Crippen LogP contribution in [0.3, 0.4) is 0 Å². The van der Waals surface area contributed by atoms with Gasteiger partial charge in [-0.15, -0.1) is 0 Å². The molecule has 2 aromatic carbocycles. The van der Waals surface area contributed by atoms with Gasteiger partial charge in [0, 0.05) is 50.4 Å². The fourth-order valence-corrected chi connectivity index (χ4v) is 5.82. The molecule has 212 valence electrons. The van der Waals surface area contributed by atoms with Gasteiger partial charge in [-0.05, 0) is 61.6 Å². The average Bonchev–Trinajstić information content (AvgIpc) is 3.67. The summed E-state index contributed by atoms with van der Waals surface area (Å²) >= 11 is 0. The maximum atomic E-state index is 13.2. The second kappa shape index (κ2) is 12.3. The summed E-state index contributed by atoms with van der Waals surface area (Å²) in [4.78, 5) is 26.4. The summed E-state index contributed by atoms with van der Waals surface area (Å²) in [6.07, 6.45) is 2.36. The third kappa shape index (κ3) is 6.53. The predicted octanol–water partition coefficient (Wildman–Crippen LogP) is 3.79. The van der Waals surface area contributed by atoms with Gasteiger partial charge in [0.1, 0.15) is 5.69 Å². The SMILES string of the molecule is Cc1noc(-c2cccc(CN3CCN(C(=O)c4ccc(C[C@@H]5CC[C@H]([C@H](O)c6ccccc6)N5)cc4)CC3)n2)n1. The van der Waals surface area contributed by atoms with E-state index >= 15 is 0 Å². The number of aromatic nitrogens is 3. The minimum absolute atomic E-state index is 0.0659. The molecular formula is C32H36N6O3. The van der Waals surface area contributed by atoms with E-state index < -0.39 is 6.10 Å². The number of benzene rings is 2. The number of carbonyl (C=O) groups excluding carboxylic acids is 1. The maximum Gasteiger partial charge on any atom is 0.276 e. The molecule has 2 N–H and O–H groups in total. The summed E-state index contributed by atoms with van der Waals surface area (Å²) in [6, 6.07) is 24.1. The van der Waals surface area contributed by atoms with Crippen LogP contribution in [0.5, 0.6) is 0 Å². The second-order valence-electron chi connectivity index (χ2n) is 11.0. The van der Waals surface area contributed by atoms with Gasteiger partial charge in [0.15, 0.2) is 5.82 Å². The van der Waals surface area contributed by atoms with Crippen molar-refractivity contribution in [2.45, 2.75) is 50.9 Å². The van der Waals surface area contributed by atoms with Crippen LogP contribution in [0, 0.1) is 6.92 Å². The van der Waals surface area contributed by atoms with Crippen LogP contribution >= 0.6 is 0 Å². The first-order valence-corrected chi connectivity index (χ1v) is 14.4. The maximum absolute atomic E-state index is 13.2. The highest BCUT2D eigenvalue weighted by Crippen LogP contribution is 2.27. The quantitative estimate of drug-likeness (QED) is 0.340. The molecule has 3 atom stereocenters. The van der Waals surface area contributed by atoms with Crippen molar-refractivity contribution in [2.75, 3.05) is 26.2 Å². The Labute approximate surface area is 240 Å². The molecule has 4 heterocycles. The van der Waals surface area contributed by atoms with Crippen molar-refractivity contribution < 1.29 is 14.4 Å². The summed E-state index contributed by atoms with van der Waals surface area (Å²) in [5, 5.41) is 18.2. The minimum atomic E-state index is -0.496. The average molecular weight is 553 g/mol. The summed E-state index contributed by atoms with van der Waals surface area (Å²) in [6.45, 7) is 5.43. The van der Waals surface area contributed by atoms with Crippen LogP contribution in [0.4, 0.5) is 0 Å². The van der Waals surface area contributed by atoms with Gasteiger partial charge in [0.05, 0.1) is 11.8 Å². The van der Waals surface area contributed by atoms with Crippen LogP contribution in [0.15, 0.2) is 77.3 Å².